The Kier molecular flexibility index (Phi) is 30.0. The molecule has 1 rings (SSSR count). The van der Waals surface area contributed by atoms with Gasteiger partial charge in [0, 0.05) is 13.0 Å². The van der Waals surface area contributed by atoms with Crippen molar-refractivity contribution in [2.24, 2.45) is 11.8 Å². The fourth-order valence-corrected chi connectivity index (χ4v) is 7.19. The topological polar surface area (TPSA) is 126 Å². The molecule has 0 bridgehead atoms. The second-order valence-corrected chi connectivity index (χ2v) is 15.8. The van der Waals surface area contributed by atoms with Gasteiger partial charge in [-0.1, -0.05) is 175 Å². The number of rotatable bonds is 35. The smallest absolute Gasteiger partial charge is 0.306 e. The Morgan fingerprint density at radius 1 is 0.540 bits per heavy atom. The van der Waals surface area contributed by atoms with Crippen molar-refractivity contribution < 1.29 is 39.4 Å². The molecule has 50 heavy (non-hydrogen) atoms. The molecular formula is C42H82O8. The first-order chi connectivity index (χ1) is 24.2. The lowest BCUT2D eigenvalue weighted by atomic mass is 9.96. The van der Waals surface area contributed by atoms with Gasteiger partial charge in [-0.25, -0.2) is 0 Å². The van der Waals surface area contributed by atoms with E-state index >= 15 is 0 Å². The summed E-state index contributed by atoms with van der Waals surface area (Å²) in [6.45, 7) is 9.78. The second kappa shape index (κ2) is 31.7. The monoisotopic (exact) mass is 715 g/mol. The average Bonchev–Trinajstić information content (AvgIpc) is 3.29. The van der Waals surface area contributed by atoms with Crippen molar-refractivity contribution in [3.05, 3.63) is 0 Å². The van der Waals surface area contributed by atoms with Crippen LogP contribution in [-0.2, 0) is 19.0 Å². The molecule has 0 saturated heterocycles. The van der Waals surface area contributed by atoms with E-state index < -0.39 is 42.6 Å². The molecule has 0 heterocycles. The molecule has 0 aliphatic heterocycles. The maximum absolute atomic E-state index is 12.5. The van der Waals surface area contributed by atoms with Gasteiger partial charge in [-0.3, -0.25) is 4.79 Å². The zero-order valence-corrected chi connectivity index (χ0v) is 33.0. The lowest BCUT2D eigenvalue weighted by Gasteiger charge is -2.24. The van der Waals surface area contributed by atoms with E-state index in [-0.39, 0.29) is 19.6 Å². The fourth-order valence-electron chi connectivity index (χ4n) is 7.19. The summed E-state index contributed by atoms with van der Waals surface area (Å²) < 4.78 is 16.8. The highest BCUT2D eigenvalue weighted by atomic mass is 16.6. The van der Waals surface area contributed by atoms with E-state index in [0.717, 1.165) is 43.9 Å². The first-order valence-corrected chi connectivity index (χ1v) is 21.3. The molecule has 298 valence electrons. The van der Waals surface area contributed by atoms with Crippen LogP contribution >= 0.6 is 0 Å². The van der Waals surface area contributed by atoms with Gasteiger partial charge in [0.2, 0.25) is 0 Å². The van der Waals surface area contributed by atoms with Crippen LogP contribution < -0.4 is 0 Å². The second-order valence-electron chi connectivity index (χ2n) is 15.8. The van der Waals surface area contributed by atoms with Crippen molar-refractivity contribution in [1.29, 1.82) is 0 Å². The van der Waals surface area contributed by atoms with Crippen LogP contribution in [0.15, 0.2) is 0 Å². The van der Waals surface area contributed by atoms with E-state index in [1.807, 2.05) is 0 Å². The van der Waals surface area contributed by atoms with Crippen LogP contribution in [0.3, 0.4) is 0 Å². The van der Waals surface area contributed by atoms with Crippen molar-refractivity contribution >= 4 is 5.97 Å². The Morgan fingerprint density at radius 2 is 0.960 bits per heavy atom. The maximum atomic E-state index is 12.5. The zero-order valence-electron chi connectivity index (χ0n) is 33.0. The SMILES string of the molecule is CCCCCCC(C)CCCCCCCCCOCC(O)CO[C@@H]1[C@@H](O)[C@H](O)[C@@H](O)[C@@H]1OC(=O)CCCCCCCCC(C)CCCCCC. The van der Waals surface area contributed by atoms with E-state index in [4.69, 9.17) is 14.2 Å². The van der Waals surface area contributed by atoms with Crippen LogP contribution in [0.5, 0.6) is 0 Å². The van der Waals surface area contributed by atoms with Crippen LogP contribution in [0.2, 0.25) is 0 Å². The van der Waals surface area contributed by atoms with Gasteiger partial charge < -0.3 is 34.6 Å². The predicted molar refractivity (Wildman–Crippen MR) is 204 cm³/mol. The van der Waals surface area contributed by atoms with Crippen molar-refractivity contribution in [1.82, 2.24) is 0 Å². The summed E-state index contributed by atoms with van der Waals surface area (Å²) in [5.74, 6) is 1.19. The summed E-state index contributed by atoms with van der Waals surface area (Å²) in [5.41, 5.74) is 0. The minimum atomic E-state index is -1.49. The van der Waals surface area contributed by atoms with Crippen molar-refractivity contribution in [2.75, 3.05) is 19.8 Å². The summed E-state index contributed by atoms with van der Waals surface area (Å²) in [7, 11) is 0. The first kappa shape index (κ1) is 47.3. The molecular weight excluding hydrogens is 632 g/mol. The minimum absolute atomic E-state index is 0.0904. The molecule has 1 aliphatic carbocycles. The number of hydrogen-bond acceptors (Lipinski definition) is 8. The van der Waals surface area contributed by atoms with Crippen LogP contribution in [-0.4, -0.2) is 82.8 Å². The number of esters is 1. The predicted octanol–water partition coefficient (Wildman–Crippen LogP) is 9.21. The maximum Gasteiger partial charge on any atom is 0.306 e. The zero-order chi connectivity index (χ0) is 36.8. The van der Waals surface area contributed by atoms with E-state index in [9.17, 15) is 25.2 Å². The number of ether oxygens (including phenoxy) is 3. The van der Waals surface area contributed by atoms with Gasteiger partial charge in [0.05, 0.1) is 13.2 Å². The molecule has 0 spiro atoms. The van der Waals surface area contributed by atoms with Crippen molar-refractivity contribution in [2.45, 2.75) is 231 Å². The van der Waals surface area contributed by atoms with E-state index in [1.54, 1.807) is 0 Å². The Labute approximate surface area is 307 Å². The number of carbonyl (C=O) groups is 1. The molecule has 8 atom stereocenters. The highest BCUT2D eigenvalue weighted by Crippen LogP contribution is 2.28. The van der Waals surface area contributed by atoms with Gasteiger partial charge in [0.1, 0.15) is 30.5 Å². The molecule has 1 aliphatic rings. The van der Waals surface area contributed by atoms with Crippen molar-refractivity contribution in [3.8, 4) is 0 Å². The van der Waals surface area contributed by atoms with Crippen LogP contribution in [0.4, 0.5) is 0 Å². The Hall–Kier alpha value is -0.770. The molecule has 1 fully saturated rings. The van der Waals surface area contributed by atoms with Gasteiger partial charge in [0.25, 0.3) is 0 Å². The number of unbranched alkanes of at least 4 members (excludes halogenated alkanes) is 17. The number of aliphatic hydroxyl groups excluding tert-OH is 4. The lowest BCUT2D eigenvalue weighted by molar-refractivity contribution is -0.168. The molecule has 0 aromatic rings. The Bertz CT molecular complexity index is 766. The molecule has 0 amide bonds. The normalized spacial score (nSPS) is 22.5. The van der Waals surface area contributed by atoms with Crippen LogP contribution in [0.1, 0.15) is 195 Å². The molecule has 0 aromatic carbocycles. The molecule has 4 N–H and O–H groups in total. The van der Waals surface area contributed by atoms with Crippen LogP contribution in [0, 0.1) is 11.8 Å². The van der Waals surface area contributed by atoms with Gasteiger partial charge in [-0.05, 0) is 24.7 Å². The van der Waals surface area contributed by atoms with Crippen molar-refractivity contribution in [3.63, 3.8) is 0 Å². The number of aliphatic hydroxyl groups is 4. The summed E-state index contributed by atoms with van der Waals surface area (Å²) >= 11 is 0. The summed E-state index contributed by atoms with van der Waals surface area (Å²) in [5, 5.41) is 41.4. The summed E-state index contributed by atoms with van der Waals surface area (Å²) in [6, 6.07) is 0. The standard InChI is InChI=1S/C42H82O8/c1-5-7-9-20-26-34(3)28-22-16-12-11-15-19-25-31-48-32-36(43)33-49-41-39(46)38(45)40(47)42(41)50-37(44)30-24-18-14-13-17-23-29-35(4)27-21-10-8-6-2/h34-36,38-43,45-47H,5-33H2,1-4H3/t34?,35?,36?,38-,39-,40+,41+,42-/m0/s1. The molecule has 8 nitrogen and oxygen atoms in total. The first-order valence-electron chi connectivity index (χ1n) is 21.3. The molecule has 0 aromatic heterocycles. The van der Waals surface area contributed by atoms with Crippen LogP contribution in [0.25, 0.3) is 0 Å². The lowest BCUT2D eigenvalue weighted by Crippen LogP contribution is -2.41. The Morgan fingerprint density at radius 3 is 1.46 bits per heavy atom. The third kappa shape index (κ3) is 23.7. The van der Waals surface area contributed by atoms with Gasteiger partial charge in [-0.15, -0.1) is 0 Å². The quantitative estimate of drug-likeness (QED) is 0.0378. The highest BCUT2D eigenvalue weighted by Gasteiger charge is 2.52. The molecule has 1 saturated carbocycles. The third-order valence-electron chi connectivity index (χ3n) is 10.7. The number of carbonyl (C=O) groups excluding carboxylic acids is 1. The van der Waals surface area contributed by atoms with E-state index in [2.05, 4.69) is 27.7 Å². The van der Waals surface area contributed by atoms with Gasteiger partial charge in [0.15, 0.2) is 6.10 Å². The number of hydrogen-bond donors (Lipinski definition) is 4. The third-order valence-corrected chi connectivity index (χ3v) is 10.7. The highest BCUT2D eigenvalue weighted by molar-refractivity contribution is 5.69. The van der Waals surface area contributed by atoms with E-state index in [0.29, 0.717) is 13.0 Å². The van der Waals surface area contributed by atoms with E-state index in [1.165, 1.54) is 122 Å². The molecule has 0 radical (unpaired) electrons. The molecule has 3 unspecified atom stereocenters. The van der Waals surface area contributed by atoms with Gasteiger partial charge in [-0.2, -0.15) is 0 Å². The summed E-state index contributed by atoms with van der Waals surface area (Å²) in [6.07, 6.45) is 23.6. The largest absolute Gasteiger partial charge is 0.457 e. The molecule has 8 heteroatoms. The minimum Gasteiger partial charge on any atom is -0.457 e. The Balaban J connectivity index is 2.11. The van der Waals surface area contributed by atoms with Gasteiger partial charge >= 0.3 is 5.97 Å². The summed E-state index contributed by atoms with van der Waals surface area (Å²) in [4.78, 5) is 12.5. The average molecular weight is 715 g/mol. The fraction of sp³-hybridized carbons (Fsp3) is 0.976.